The second kappa shape index (κ2) is 8.57. The number of hydrogen-bond donors (Lipinski definition) is 1. The van der Waals surface area contributed by atoms with Gasteiger partial charge < -0.3 is 10.1 Å². The molecule has 0 aliphatic carbocycles. The number of rotatable bonds is 8. The Morgan fingerprint density at radius 1 is 1.25 bits per heavy atom. The average Bonchev–Trinajstić information content (AvgIpc) is 2.28. The van der Waals surface area contributed by atoms with Crippen molar-refractivity contribution in [3.8, 4) is 0 Å². The molecule has 0 fully saturated rings. The lowest BCUT2D eigenvalue weighted by Gasteiger charge is -2.04. The first-order chi connectivity index (χ1) is 7.83. The molecule has 0 aliphatic heterocycles. The number of aryl methyl sites for hydroxylation is 1. The largest absolute Gasteiger partial charge is 0.383 e. The van der Waals surface area contributed by atoms with E-state index >= 15 is 0 Å². The molecule has 0 amide bonds. The van der Waals surface area contributed by atoms with Gasteiger partial charge in [0.2, 0.25) is 0 Å². The molecule has 0 saturated carbocycles. The molecule has 1 N–H and O–H groups in total. The van der Waals surface area contributed by atoms with E-state index < -0.39 is 0 Å². The van der Waals surface area contributed by atoms with Crippen LogP contribution in [0.1, 0.15) is 18.4 Å². The molecular weight excluding hydrogens is 222 g/mol. The van der Waals surface area contributed by atoms with Crippen molar-refractivity contribution in [3.63, 3.8) is 0 Å². The maximum absolute atomic E-state index is 5.92. The maximum atomic E-state index is 5.92. The summed E-state index contributed by atoms with van der Waals surface area (Å²) in [6.07, 6.45) is 3.49. The van der Waals surface area contributed by atoms with Crippen LogP contribution in [0.4, 0.5) is 0 Å². The lowest BCUT2D eigenvalue weighted by Crippen LogP contribution is -2.20. The molecule has 3 heteroatoms. The summed E-state index contributed by atoms with van der Waals surface area (Å²) in [6.45, 7) is 2.78. The summed E-state index contributed by atoms with van der Waals surface area (Å²) in [6, 6.07) is 8.09. The number of unbranched alkanes of at least 4 members (excludes halogenated alkanes) is 1. The minimum Gasteiger partial charge on any atom is -0.383 e. The molecule has 0 atom stereocenters. The smallest absolute Gasteiger partial charge is 0.0587 e. The zero-order chi connectivity index (χ0) is 11.6. The Morgan fingerprint density at radius 2 is 2.12 bits per heavy atom. The van der Waals surface area contributed by atoms with Gasteiger partial charge in [-0.1, -0.05) is 23.7 Å². The lowest BCUT2D eigenvalue weighted by atomic mass is 10.1. The van der Waals surface area contributed by atoms with Crippen molar-refractivity contribution in [1.82, 2.24) is 5.32 Å². The summed E-state index contributed by atoms with van der Waals surface area (Å²) in [5.41, 5.74) is 1.32. The quantitative estimate of drug-likeness (QED) is 0.707. The summed E-state index contributed by atoms with van der Waals surface area (Å²) in [7, 11) is 1.72. The molecular formula is C13H20ClNO. The van der Waals surface area contributed by atoms with Gasteiger partial charge in [0.25, 0.3) is 0 Å². The molecule has 0 heterocycles. The number of methoxy groups -OCH3 is 1. The van der Waals surface area contributed by atoms with Gasteiger partial charge in [-0.3, -0.25) is 0 Å². The molecule has 16 heavy (non-hydrogen) atoms. The molecule has 0 aliphatic rings. The first kappa shape index (κ1) is 13.5. The fourth-order valence-electron chi connectivity index (χ4n) is 1.57. The Morgan fingerprint density at radius 3 is 2.88 bits per heavy atom. The predicted molar refractivity (Wildman–Crippen MR) is 69.1 cm³/mol. The Bertz CT molecular complexity index is 291. The topological polar surface area (TPSA) is 21.3 Å². The maximum Gasteiger partial charge on any atom is 0.0587 e. The van der Waals surface area contributed by atoms with Crippen molar-refractivity contribution in [1.29, 1.82) is 0 Å². The standard InChI is InChI=1S/C13H20ClNO/c1-16-10-9-15-8-3-2-5-12-6-4-7-13(14)11-12/h4,6-7,11,15H,2-3,5,8-10H2,1H3. The Hall–Kier alpha value is -0.570. The first-order valence-corrected chi connectivity index (χ1v) is 6.15. The van der Waals surface area contributed by atoms with E-state index in [0.29, 0.717) is 0 Å². The summed E-state index contributed by atoms with van der Waals surface area (Å²) >= 11 is 5.92. The van der Waals surface area contributed by atoms with E-state index in [1.165, 1.54) is 18.4 Å². The van der Waals surface area contributed by atoms with E-state index in [1.807, 2.05) is 18.2 Å². The Kier molecular flexibility index (Phi) is 7.23. The molecule has 1 aromatic carbocycles. The molecule has 90 valence electrons. The highest BCUT2D eigenvalue weighted by molar-refractivity contribution is 6.30. The van der Waals surface area contributed by atoms with Crippen LogP contribution in [0.15, 0.2) is 24.3 Å². The fourth-order valence-corrected chi connectivity index (χ4v) is 1.78. The minimum absolute atomic E-state index is 0.786. The molecule has 0 unspecified atom stereocenters. The number of halogens is 1. The summed E-state index contributed by atoms with van der Waals surface area (Å²) in [5, 5.41) is 4.16. The van der Waals surface area contributed by atoms with Crippen LogP contribution < -0.4 is 5.32 Å². The highest BCUT2D eigenvalue weighted by Crippen LogP contribution is 2.12. The third kappa shape index (κ3) is 6.11. The number of hydrogen-bond acceptors (Lipinski definition) is 2. The zero-order valence-electron chi connectivity index (χ0n) is 9.84. The van der Waals surface area contributed by atoms with E-state index in [9.17, 15) is 0 Å². The molecule has 0 saturated heterocycles. The van der Waals surface area contributed by atoms with Gasteiger partial charge in [0.15, 0.2) is 0 Å². The SMILES string of the molecule is COCCNCCCCc1cccc(Cl)c1. The number of benzene rings is 1. The predicted octanol–water partition coefficient (Wildman–Crippen LogP) is 2.90. The van der Waals surface area contributed by atoms with Crippen LogP contribution in [-0.2, 0) is 11.2 Å². The van der Waals surface area contributed by atoms with Crippen LogP contribution in [0, 0.1) is 0 Å². The Balaban J connectivity index is 2.03. The van der Waals surface area contributed by atoms with Crippen molar-refractivity contribution in [2.45, 2.75) is 19.3 Å². The van der Waals surface area contributed by atoms with Gasteiger partial charge in [-0.25, -0.2) is 0 Å². The van der Waals surface area contributed by atoms with Crippen LogP contribution in [-0.4, -0.2) is 26.8 Å². The van der Waals surface area contributed by atoms with E-state index in [2.05, 4.69) is 11.4 Å². The van der Waals surface area contributed by atoms with Gasteiger partial charge in [-0.2, -0.15) is 0 Å². The number of nitrogens with one attached hydrogen (secondary N) is 1. The minimum atomic E-state index is 0.786. The molecule has 0 bridgehead atoms. The summed E-state index contributed by atoms with van der Waals surface area (Å²) < 4.78 is 4.95. The van der Waals surface area contributed by atoms with Crippen LogP contribution >= 0.6 is 11.6 Å². The van der Waals surface area contributed by atoms with Gasteiger partial charge >= 0.3 is 0 Å². The molecule has 1 rings (SSSR count). The van der Waals surface area contributed by atoms with Gasteiger partial charge in [0.05, 0.1) is 6.61 Å². The molecule has 0 radical (unpaired) electrons. The van der Waals surface area contributed by atoms with E-state index in [0.717, 1.165) is 31.1 Å². The second-order valence-corrected chi connectivity index (χ2v) is 4.27. The van der Waals surface area contributed by atoms with Crippen LogP contribution in [0.5, 0.6) is 0 Å². The van der Waals surface area contributed by atoms with E-state index in [1.54, 1.807) is 7.11 Å². The third-order valence-electron chi connectivity index (χ3n) is 2.44. The van der Waals surface area contributed by atoms with E-state index in [4.69, 9.17) is 16.3 Å². The summed E-state index contributed by atoms with van der Waals surface area (Å²) in [4.78, 5) is 0. The monoisotopic (exact) mass is 241 g/mol. The van der Waals surface area contributed by atoms with Crippen LogP contribution in [0.3, 0.4) is 0 Å². The first-order valence-electron chi connectivity index (χ1n) is 5.77. The highest BCUT2D eigenvalue weighted by Gasteiger charge is 1.94. The van der Waals surface area contributed by atoms with Crippen LogP contribution in [0.2, 0.25) is 5.02 Å². The Labute approximate surface area is 103 Å². The van der Waals surface area contributed by atoms with Gasteiger partial charge in [0, 0.05) is 18.7 Å². The third-order valence-corrected chi connectivity index (χ3v) is 2.68. The number of ether oxygens (including phenoxy) is 1. The highest BCUT2D eigenvalue weighted by atomic mass is 35.5. The van der Waals surface area contributed by atoms with Crippen molar-refractivity contribution in [2.75, 3.05) is 26.8 Å². The van der Waals surface area contributed by atoms with Gasteiger partial charge in [-0.15, -0.1) is 0 Å². The average molecular weight is 242 g/mol. The molecule has 1 aromatic rings. The second-order valence-electron chi connectivity index (χ2n) is 3.83. The lowest BCUT2D eigenvalue weighted by molar-refractivity contribution is 0.199. The van der Waals surface area contributed by atoms with Crippen molar-refractivity contribution < 1.29 is 4.74 Å². The zero-order valence-corrected chi connectivity index (χ0v) is 10.6. The van der Waals surface area contributed by atoms with E-state index in [-0.39, 0.29) is 0 Å². The van der Waals surface area contributed by atoms with Gasteiger partial charge in [-0.05, 0) is 43.5 Å². The van der Waals surface area contributed by atoms with Gasteiger partial charge in [0.1, 0.15) is 0 Å². The molecule has 0 spiro atoms. The van der Waals surface area contributed by atoms with Crippen molar-refractivity contribution >= 4 is 11.6 Å². The van der Waals surface area contributed by atoms with Crippen molar-refractivity contribution in [3.05, 3.63) is 34.9 Å². The van der Waals surface area contributed by atoms with Crippen molar-refractivity contribution in [2.24, 2.45) is 0 Å². The molecule has 2 nitrogen and oxygen atoms in total. The molecule has 0 aromatic heterocycles. The fraction of sp³-hybridized carbons (Fsp3) is 0.538. The van der Waals surface area contributed by atoms with Crippen LogP contribution in [0.25, 0.3) is 0 Å². The normalized spacial score (nSPS) is 10.6. The summed E-state index contributed by atoms with van der Waals surface area (Å²) in [5.74, 6) is 0.